The van der Waals surface area contributed by atoms with Gasteiger partial charge in [0.2, 0.25) is 5.91 Å². The fourth-order valence-corrected chi connectivity index (χ4v) is 2.44. The first kappa shape index (κ1) is 15.4. The van der Waals surface area contributed by atoms with Crippen LogP contribution in [0.25, 0.3) is 0 Å². The lowest BCUT2D eigenvalue weighted by Crippen LogP contribution is -2.36. The van der Waals surface area contributed by atoms with Gasteiger partial charge in [0.1, 0.15) is 6.17 Å². The summed E-state index contributed by atoms with van der Waals surface area (Å²) in [6.07, 6.45) is -0.319. The Kier molecular flexibility index (Phi) is 4.87. The van der Waals surface area contributed by atoms with E-state index in [0.717, 1.165) is 5.56 Å². The molecule has 0 radical (unpaired) electrons. The van der Waals surface area contributed by atoms with Gasteiger partial charge in [-0.15, -0.1) is 0 Å². The number of carbonyl (C=O) groups is 1. The van der Waals surface area contributed by atoms with Crippen LogP contribution in [0.4, 0.5) is 5.69 Å². The summed E-state index contributed by atoms with van der Waals surface area (Å²) in [6, 6.07) is 6.24. The van der Waals surface area contributed by atoms with Crippen LogP contribution in [-0.4, -0.2) is 41.5 Å². The van der Waals surface area contributed by atoms with E-state index in [1.807, 2.05) is 13.8 Å². The molecular weight excluding hydrogens is 274 g/mol. The zero-order valence-corrected chi connectivity index (χ0v) is 12.1. The summed E-state index contributed by atoms with van der Waals surface area (Å²) in [7, 11) is 0. The van der Waals surface area contributed by atoms with Gasteiger partial charge in [0.15, 0.2) is 0 Å². The van der Waals surface area contributed by atoms with Gasteiger partial charge >= 0.3 is 0 Å². The number of rotatable bonds is 6. The normalized spacial score (nSPS) is 19.8. The summed E-state index contributed by atoms with van der Waals surface area (Å²) in [5.74, 6) is 0.00454. The zero-order chi connectivity index (χ0) is 15.4. The van der Waals surface area contributed by atoms with Gasteiger partial charge in [-0.3, -0.25) is 20.2 Å². The molecule has 0 bridgehead atoms. The van der Waals surface area contributed by atoms with Crippen molar-refractivity contribution in [3.05, 3.63) is 39.9 Å². The maximum Gasteiger partial charge on any atom is 0.269 e. The second kappa shape index (κ2) is 6.64. The standard InChI is InChI=1S/C14H19N3O4/c1-3-21-10(2)9-16-13(18)8-15-14(16)11-4-6-12(7-5-11)17(19)20/h4-7,10,14-15H,3,8-9H2,1-2H3. The fourth-order valence-electron chi connectivity index (χ4n) is 2.44. The smallest absolute Gasteiger partial charge is 0.269 e. The van der Waals surface area contributed by atoms with Gasteiger partial charge in [-0.25, -0.2) is 0 Å². The highest BCUT2D eigenvalue weighted by Gasteiger charge is 2.32. The summed E-state index contributed by atoms with van der Waals surface area (Å²) < 4.78 is 5.48. The summed E-state index contributed by atoms with van der Waals surface area (Å²) in [4.78, 5) is 23.9. The van der Waals surface area contributed by atoms with Gasteiger partial charge in [-0.1, -0.05) is 0 Å². The van der Waals surface area contributed by atoms with Crippen molar-refractivity contribution >= 4 is 11.6 Å². The van der Waals surface area contributed by atoms with Gasteiger partial charge in [-0.2, -0.15) is 0 Å². The highest BCUT2D eigenvalue weighted by atomic mass is 16.6. The minimum atomic E-state index is -0.439. The molecule has 21 heavy (non-hydrogen) atoms. The monoisotopic (exact) mass is 293 g/mol. The number of amides is 1. The van der Waals surface area contributed by atoms with E-state index in [1.54, 1.807) is 17.0 Å². The molecule has 7 nitrogen and oxygen atoms in total. The molecule has 1 N–H and O–H groups in total. The molecule has 2 unspecified atom stereocenters. The molecule has 1 aromatic carbocycles. The van der Waals surface area contributed by atoms with Gasteiger partial charge in [0.05, 0.1) is 17.6 Å². The number of nitrogens with zero attached hydrogens (tertiary/aromatic N) is 2. The minimum Gasteiger partial charge on any atom is -0.377 e. The quantitative estimate of drug-likeness (QED) is 0.634. The van der Waals surface area contributed by atoms with Crippen molar-refractivity contribution in [1.82, 2.24) is 10.2 Å². The zero-order valence-electron chi connectivity index (χ0n) is 12.1. The van der Waals surface area contributed by atoms with Crippen LogP contribution in [0.1, 0.15) is 25.6 Å². The molecule has 1 fully saturated rings. The average molecular weight is 293 g/mol. The number of hydrogen-bond donors (Lipinski definition) is 1. The van der Waals surface area contributed by atoms with Crippen molar-refractivity contribution < 1.29 is 14.5 Å². The van der Waals surface area contributed by atoms with Crippen LogP contribution < -0.4 is 5.32 Å². The summed E-state index contributed by atoms with van der Waals surface area (Å²) >= 11 is 0. The number of ether oxygens (including phenoxy) is 1. The second-order valence-corrected chi connectivity index (χ2v) is 4.94. The van der Waals surface area contributed by atoms with Gasteiger partial charge in [0, 0.05) is 25.3 Å². The van der Waals surface area contributed by atoms with Crippen molar-refractivity contribution in [2.75, 3.05) is 19.7 Å². The van der Waals surface area contributed by atoms with Crippen molar-refractivity contribution in [1.29, 1.82) is 0 Å². The molecule has 0 spiro atoms. The maximum atomic E-state index is 12.0. The largest absolute Gasteiger partial charge is 0.377 e. The first-order valence-electron chi connectivity index (χ1n) is 6.91. The van der Waals surface area contributed by atoms with Crippen LogP contribution in [0.5, 0.6) is 0 Å². The highest BCUT2D eigenvalue weighted by molar-refractivity contribution is 5.81. The lowest BCUT2D eigenvalue weighted by Gasteiger charge is -2.27. The predicted molar refractivity (Wildman–Crippen MR) is 76.6 cm³/mol. The molecule has 1 aliphatic heterocycles. The SMILES string of the molecule is CCOC(C)CN1C(=O)CNC1c1ccc([N+](=O)[O-])cc1. The number of hydrogen-bond acceptors (Lipinski definition) is 5. The van der Waals surface area contributed by atoms with E-state index < -0.39 is 4.92 Å². The molecular formula is C14H19N3O4. The molecule has 1 aliphatic rings. The van der Waals surface area contributed by atoms with E-state index in [2.05, 4.69) is 5.32 Å². The van der Waals surface area contributed by atoms with Crippen molar-refractivity contribution in [2.45, 2.75) is 26.1 Å². The summed E-state index contributed by atoms with van der Waals surface area (Å²) in [6.45, 7) is 5.18. The Morgan fingerprint density at radius 1 is 1.48 bits per heavy atom. The summed E-state index contributed by atoms with van der Waals surface area (Å²) in [5.41, 5.74) is 0.868. The third-order valence-electron chi connectivity index (χ3n) is 3.40. The maximum absolute atomic E-state index is 12.0. The third-order valence-corrected chi connectivity index (χ3v) is 3.40. The molecule has 0 saturated carbocycles. The predicted octanol–water partition coefficient (Wildman–Crippen LogP) is 1.45. The molecule has 2 atom stereocenters. The van der Waals surface area contributed by atoms with Crippen LogP contribution in [0, 0.1) is 10.1 Å². The Bertz CT molecular complexity index is 517. The number of benzene rings is 1. The first-order chi connectivity index (χ1) is 10.0. The van der Waals surface area contributed by atoms with E-state index in [1.165, 1.54) is 12.1 Å². The molecule has 0 aromatic heterocycles. The van der Waals surface area contributed by atoms with Crippen molar-refractivity contribution in [3.63, 3.8) is 0 Å². The number of carbonyl (C=O) groups excluding carboxylic acids is 1. The minimum absolute atomic E-state index is 0.00454. The molecule has 1 heterocycles. The Morgan fingerprint density at radius 3 is 2.71 bits per heavy atom. The van der Waals surface area contributed by atoms with E-state index in [4.69, 9.17) is 4.74 Å². The number of nitro groups is 1. The topological polar surface area (TPSA) is 84.7 Å². The van der Waals surface area contributed by atoms with Gasteiger partial charge in [0.25, 0.3) is 5.69 Å². The third kappa shape index (κ3) is 3.56. The van der Waals surface area contributed by atoms with Crippen LogP contribution >= 0.6 is 0 Å². The Morgan fingerprint density at radius 2 is 2.14 bits per heavy atom. The van der Waals surface area contributed by atoms with E-state index in [-0.39, 0.29) is 30.4 Å². The molecule has 7 heteroatoms. The highest BCUT2D eigenvalue weighted by Crippen LogP contribution is 2.24. The second-order valence-electron chi connectivity index (χ2n) is 4.94. The van der Waals surface area contributed by atoms with E-state index >= 15 is 0 Å². The molecule has 1 saturated heterocycles. The van der Waals surface area contributed by atoms with Gasteiger partial charge < -0.3 is 9.64 Å². The number of non-ortho nitro benzene ring substituents is 1. The van der Waals surface area contributed by atoms with Crippen molar-refractivity contribution in [2.24, 2.45) is 0 Å². The van der Waals surface area contributed by atoms with Crippen LogP contribution in [0.2, 0.25) is 0 Å². The van der Waals surface area contributed by atoms with Crippen LogP contribution in [0.3, 0.4) is 0 Å². The molecule has 114 valence electrons. The Hall–Kier alpha value is -1.99. The van der Waals surface area contributed by atoms with Crippen LogP contribution in [0.15, 0.2) is 24.3 Å². The number of nitro benzene ring substituents is 1. The Labute approximate surface area is 123 Å². The molecule has 2 rings (SSSR count). The average Bonchev–Trinajstić information content (AvgIpc) is 2.81. The lowest BCUT2D eigenvalue weighted by molar-refractivity contribution is -0.384. The van der Waals surface area contributed by atoms with Crippen LogP contribution in [-0.2, 0) is 9.53 Å². The lowest BCUT2D eigenvalue weighted by atomic mass is 10.1. The molecule has 1 aromatic rings. The van der Waals surface area contributed by atoms with E-state index in [9.17, 15) is 14.9 Å². The molecule has 0 aliphatic carbocycles. The first-order valence-corrected chi connectivity index (χ1v) is 6.91. The van der Waals surface area contributed by atoms with Crippen molar-refractivity contribution in [3.8, 4) is 0 Å². The van der Waals surface area contributed by atoms with E-state index in [0.29, 0.717) is 13.2 Å². The Balaban J connectivity index is 2.13. The van der Waals surface area contributed by atoms with Gasteiger partial charge in [-0.05, 0) is 31.5 Å². The fraction of sp³-hybridized carbons (Fsp3) is 0.500. The summed E-state index contributed by atoms with van der Waals surface area (Å²) in [5, 5.41) is 13.8. The number of nitrogens with one attached hydrogen (secondary N) is 1. The molecule has 1 amide bonds.